The number of halogens is 2. The fraction of sp³-hybridized carbons (Fsp3) is 0.0625. The van der Waals surface area contributed by atoms with Crippen LogP contribution in [0.15, 0.2) is 41.2 Å². The highest BCUT2D eigenvalue weighted by molar-refractivity contribution is 7.71. The van der Waals surface area contributed by atoms with E-state index >= 15 is 0 Å². The minimum Gasteiger partial charge on any atom is -0.332 e. The van der Waals surface area contributed by atoms with Crippen molar-refractivity contribution in [3.8, 4) is 0 Å². The van der Waals surface area contributed by atoms with Crippen molar-refractivity contribution in [3.63, 3.8) is 0 Å². The molecule has 0 aliphatic heterocycles. The number of fused-ring (bicyclic) bond motifs is 1. The third kappa shape index (κ3) is 2.95. The second kappa shape index (κ2) is 6.18. The Bertz CT molecular complexity index is 1090. The molecular formula is C16H11ClFN3O2S. The van der Waals surface area contributed by atoms with Gasteiger partial charge in [-0.25, -0.2) is 4.39 Å². The average molecular weight is 364 g/mol. The quantitative estimate of drug-likeness (QED) is 0.683. The van der Waals surface area contributed by atoms with Crippen molar-refractivity contribution in [1.82, 2.24) is 9.55 Å². The Hall–Kier alpha value is -2.51. The van der Waals surface area contributed by atoms with Crippen molar-refractivity contribution in [2.45, 2.75) is 0 Å². The fourth-order valence-corrected chi connectivity index (χ4v) is 2.53. The lowest BCUT2D eigenvalue weighted by atomic mass is 10.1. The van der Waals surface area contributed by atoms with Gasteiger partial charge in [0.2, 0.25) is 0 Å². The number of anilines is 1. The van der Waals surface area contributed by atoms with E-state index in [-0.39, 0.29) is 21.0 Å². The summed E-state index contributed by atoms with van der Waals surface area (Å²) in [6.45, 7) is 0. The summed E-state index contributed by atoms with van der Waals surface area (Å²) in [5, 5.41) is 2.96. The Kier molecular flexibility index (Phi) is 4.21. The molecule has 1 amide bonds. The normalized spacial score (nSPS) is 10.8. The summed E-state index contributed by atoms with van der Waals surface area (Å²) in [6.07, 6.45) is 0. The van der Waals surface area contributed by atoms with Crippen LogP contribution in [0, 0.1) is 10.6 Å². The number of aromatic nitrogens is 2. The first-order valence-corrected chi connectivity index (χ1v) is 7.65. The zero-order valence-electron chi connectivity index (χ0n) is 12.4. The first kappa shape index (κ1) is 16.4. The number of rotatable bonds is 2. The van der Waals surface area contributed by atoms with Crippen LogP contribution < -0.4 is 10.9 Å². The van der Waals surface area contributed by atoms with Crippen LogP contribution in [0.1, 0.15) is 10.4 Å². The topological polar surface area (TPSA) is 66.9 Å². The fourth-order valence-electron chi connectivity index (χ4n) is 2.22. The van der Waals surface area contributed by atoms with Gasteiger partial charge in [0.15, 0.2) is 4.77 Å². The van der Waals surface area contributed by atoms with Crippen LogP contribution in [-0.2, 0) is 7.05 Å². The predicted molar refractivity (Wildman–Crippen MR) is 93.7 cm³/mol. The molecular weight excluding hydrogens is 353 g/mol. The van der Waals surface area contributed by atoms with E-state index in [4.69, 9.17) is 23.8 Å². The molecule has 0 radical (unpaired) electrons. The van der Waals surface area contributed by atoms with Crippen LogP contribution in [0.5, 0.6) is 0 Å². The van der Waals surface area contributed by atoms with Gasteiger partial charge >= 0.3 is 0 Å². The van der Waals surface area contributed by atoms with E-state index in [1.54, 1.807) is 13.1 Å². The van der Waals surface area contributed by atoms with Gasteiger partial charge in [0.25, 0.3) is 11.5 Å². The minimum atomic E-state index is -0.624. The Balaban J connectivity index is 1.98. The van der Waals surface area contributed by atoms with Crippen LogP contribution in [0.3, 0.4) is 0 Å². The zero-order chi connectivity index (χ0) is 17.4. The van der Waals surface area contributed by atoms with Gasteiger partial charge in [0, 0.05) is 18.3 Å². The highest BCUT2D eigenvalue weighted by atomic mass is 35.5. The van der Waals surface area contributed by atoms with Gasteiger partial charge in [0.1, 0.15) is 5.82 Å². The van der Waals surface area contributed by atoms with Gasteiger partial charge in [0.05, 0.1) is 15.9 Å². The van der Waals surface area contributed by atoms with E-state index < -0.39 is 11.7 Å². The Labute approximate surface area is 145 Å². The van der Waals surface area contributed by atoms with Crippen molar-refractivity contribution in [2.24, 2.45) is 7.05 Å². The lowest BCUT2D eigenvalue weighted by Crippen LogP contribution is -2.19. The number of nitrogens with one attached hydrogen (secondary N) is 2. The summed E-state index contributed by atoms with van der Waals surface area (Å²) >= 11 is 10.7. The largest absolute Gasteiger partial charge is 0.332 e. The summed E-state index contributed by atoms with van der Waals surface area (Å²) < 4.78 is 15.0. The Morgan fingerprint density at radius 3 is 2.75 bits per heavy atom. The van der Waals surface area contributed by atoms with Gasteiger partial charge in [-0.15, -0.1) is 0 Å². The van der Waals surface area contributed by atoms with Crippen LogP contribution in [-0.4, -0.2) is 15.5 Å². The molecule has 0 saturated heterocycles. The number of H-pyrrole nitrogens is 1. The van der Waals surface area contributed by atoms with Crippen molar-refractivity contribution in [3.05, 3.63) is 67.9 Å². The molecule has 0 atom stereocenters. The molecule has 8 heteroatoms. The van der Waals surface area contributed by atoms with Gasteiger partial charge in [-0.05, 0) is 48.6 Å². The molecule has 1 aromatic heterocycles. The number of aromatic amines is 1. The summed E-state index contributed by atoms with van der Waals surface area (Å²) in [6, 6.07) is 8.56. The zero-order valence-corrected chi connectivity index (χ0v) is 14.0. The van der Waals surface area contributed by atoms with E-state index in [1.165, 1.54) is 28.8 Å². The Morgan fingerprint density at radius 1 is 1.29 bits per heavy atom. The molecule has 122 valence electrons. The monoisotopic (exact) mass is 363 g/mol. The van der Waals surface area contributed by atoms with Crippen molar-refractivity contribution >= 4 is 46.3 Å². The minimum absolute atomic E-state index is 0.0258. The molecule has 1 heterocycles. The first-order valence-electron chi connectivity index (χ1n) is 6.86. The van der Waals surface area contributed by atoms with E-state index in [0.29, 0.717) is 16.5 Å². The molecule has 2 N–H and O–H groups in total. The van der Waals surface area contributed by atoms with Crippen LogP contribution in [0.2, 0.25) is 5.02 Å². The Morgan fingerprint density at radius 2 is 2.04 bits per heavy atom. The molecule has 0 aliphatic rings. The van der Waals surface area contributed by atoms with Crippen LogP contribution >= 0.6 is 23.8 Å². The number of amides is 1. The van der Waals surface area contributed by atoms with Gasteiger partial charge in [-0.3, -0.25) is 14.2 Å². The summed E-state index contributed by atoms with van der Waals surface area (Å²) in [5.74, 6) is -1.07. The highest BCUT2D eigenvalue weighted by Crippen LogP contribution is 2.19. The molecule has 3 aromatic rings. The summed E-state index contributed by atoms with van der Waals surface area (Å²) in [7, 11) is 1.57. The second-order valence-electron chi connectivity index (χ2n) is 5.14. The van der Waals surface area contributed by atoms with Crippen molar-refractivity contribution in [1.29, 1.82) is 0 Å². The maximum atomic E-state index is 13.4. The van der Waals surface area contributed by atoms with E-state index in [0.717, 1.165) is 6.07 Å². The van der Waals surface area contributed by atoms with Crippen LogP contribution in [0.4, 0.5) is 10.1 Å². The van der Waals surface area contributed by atoms with E-state index in [2.05, 4.69) is 10.3 Å². The standard InChI is InChI=1S/C16H11ClFN3O2S/c1-21-15(23)10-4-2-8(6-13(10)20-16(21)24)14(22)19-9-3-5-11(17)12(18)7-9/h2-7H,1H3,(H,19,22)(H,20,24). The van der Waals surface area contributed by atoms with Crippen LogP contribution in [0.25, 0.3) is 10.9 Å². The molecule has 0 unspecified atom stereocenters. The smallest absolute Gasteiger partial charge is 0.261 e. The lowest BCUT2D eigenvalue weighted by molar-refractivity contribution is 0.102. The van der Waals surface area contributed by atoms with Gasteiger partial charge in [-0.2, -0.15) is 0 Å². The third-order valence-electron chi connectivity index (χ3n) is 3.54. The number of carbonyl (C=O) groups excluding carboxylic acids is 1. The molecule has 0 bridgehead atoms. The molecule has 3 rings (SSSR count). The summed E-state index contributed by atoms with van der Waals surface area (Å²) in [4.78, 5) is 27.3. The number of nitrogens with zero attached hydrogens (tertiary/aromatic N) is 1. The van der Waals surface area contributed by atoms with Gasteiger partial charge < -0.3 is 10.3 Å². The van der Waals surface area contributed by atoms with Crippen molar-refractivity contribution < 1.29 is 9.18 Å². The first-order chi connectivity index (χ1) is 11.4. The van der Waals surface area contributed by atoms with E-state index in [1.807, 2.05) is 0 Å². The maximum absolute atomic E-state index is 13.4. The van der Waals surface area contributed by atoms with Crippen molar-refractivity contribution in [2.75, 3.05) is 5.32 Å². The second-order valence-corrected chi connectivity index (χ2v) is 5.93. The lowest BCUT2D eigenvalue weighted by Gasteiger charge is -2.08. The molecule has 0 aliphatic carbocycles. The molecule has 24 heavy (non-hydrogen) atoms. The molecule has 5 nitrogen and oxygen atoms in total. The SMILES string of the molecule is Cn1c(=S)[nH]c2cc(C(=O)Nc3ccc(Cl)c(F)c3)ccc2c1=O. The number of hydrogen-bond acceptors (Lipinski definition) is 3. The molecule has 0 fully saturated rings. The number of benzene rings is 2. The van der Waals surface area contributed by atoms with Gasteiger partial charge in [-0.1, -0.05) is 11.6 Å². The molecule has 2 aromatic carbocycles. The number of hydrogen-bond donors (Lipinski definition) is 2. The van der Waals surface area contributed by atoms with E-state index in [9.17, 15) is 14.0 Å². The summed E-state index contributed by atoms with van der Waals surface area (Å²) in [5.41, 5.74) is 0.786. The number of carbonyl (C=O) groups is 1. The average Bonchev–Trinajstić information content (AvgIpc) is 2.55. The molecule has 0 spiro atoms. The predicted octanol–water partition coefficient (Wildman–Crippen LogP) is 3.64. The molecule has 0 saturated carbocycles. The highest BCUT2D eigenvalue weighted by Gasteiger charge is 2.10. The maximum Gasteiger partial charge on any atom is 0.261 e. The third-order valence-corrected chi connectivity index (χ3v) is 4.22.